The summed E-state index contributed by atoms with van der Waals surface area (Å²) in [4.78, 5) is 2.20. The van der Waals surface area contributed by atoms with Gasteiger partial charge in [-0.25, -0.2) is 0 Å². The molecule has 2 heterocycles. The zero-order chi connectivity index (χ0) is 19.1. The molecule has 0 spiro atoms. The van der Waals surface area contributed by atoms with Gasteiger partial charge in [-0.3, -0.25) is 0 Å². The molecule has 138 valence electrons. The van der Waals surface area contributed by atoms with E-state index in [4.69, 9.17) is 4.42 Å². The normalized spacial score (nSPS) is 15.4. The molecule has 28 heavy (non-hydrogen) atoms. The van der Waals surface area contributed by atoms with E-state index in [1.54, 1.807) is 11.3 Å². The lowest BCUT2D eigenvalue weighted by Gasteiger charge is -2.10. The van der Waals surface area contributed by atoms with Gasteiger partial charge in [0.15, 0.2) is 0 Å². The Labute approximate surface area is 174 Å². The Morgan fingerprint density at radius 1 is 1.14 bits per heavy atom. The predicted octanol–water partition coefficient (Wildman–Crippen LogP) is 7.41. The van der Waals surface area contributed by atoms with Gasteiger partial charge in [-0.1, -0.05) is 54.7 Å². The standard InChI is InChI=1S/C25H20OS2/c1-16(27)4-2-5-17-12-18-7-8-19-14-23-20(9-10-21(19)22(18)13-17)15-24(26-23)25-6-3-11-28-25/h2-12,15,27H,13-14H2,1H3/b5-2+,16-4-. The highest BCUT2D eigenvalue weighted by molar-refractivity contribution is 7.84. The van der Waals surface area contributed by atoms with Crippen molar-refractivity contribution >= 4 is 42.2 Å². The Bertz CT molecular complexity index is 1160. The molecule has 0 saturated heterocycles. The largest absolute Gasteiger partial charge is 0.459 e. The number of furan rings is 1. The molecule has 0 saturated carbocycles. The lowest BCUT2D eigenvalue weighted by Crippen LogP contribution is -1.96. The van der Waals surface area contributed by atoms with Crippen LogP contribution in [0.4, 0.5) is 0 Å². The van der Waals surface area contributed by atoms with Gasteiger partial charge in [0, 0.05) is 12.0 Å². The third kappa shape index (κ3) is 3.25. The van der Waals surface area contributed by atoms with Crippen molar-refractivity contribution in [1.29, 1.82) is 0 Å². The summed E-state index contributed by atoms with van der Waals surface area (Å²) in [5, 5.41) is 2.09. The molecule has 0 atom stereocenters. The highest BCUT2D eigenvalue weighted by Crippen LogP contribution is 2.37. The second-order valence-corrected chi connectivity index (χ2v) is 8.90. The lowest BCUT2D eigenvalue weighted by molar-refractivity contribution is 0.535. The van der Waals surface area contributed by atoms with Crippen LogP contribution in [0.2, 0.25) is 0 Å². The zero-order valence-electron chi connectivity index (χ0n) is 15.6. The van der Waals surface area contributed by atoms with Crippen molar-refractivity contribution in [1.82, 2.24) is 0 Å². The van der Waals surface area contributed by atoms with Crippen molar-refractivity contribution in [2.24, 2.45) is 0 Å². The van der Waals surface area contributed by atoms with Gasteiger partial charge in [0.25, 0.3) is 0 Å². The van der Waals surface area contributed by atoms with Crippen LogP contribution in [0.25, 0.3) is 28.9 Å². The monoisotopic (exact) mass is 400 g/mol. The SMILES string of the molecule is C/C(S)=C/C=C/C1=Cc2ccc3c(c2C1)C=Cc1cc(-c2cccs2)oc1C3. The van der Waals surface area contributed by atoms with E-state index in [0.29, 0.717) is 0 Å². The molecule has 0 fully saturated rings. The van der Waals surface area contributed by atoms with Gasteiger partial charge in [-0.15, -0.1) is 24.0 Å². The molecular formula is C25H20OS2. The van der Waals surface area contributed by atoms with Crippen LogP contribution in [-0.4, -0.2) is 0 Å². The smallest absolute Gasteiger partial charge is 0.144 e. The Kier molecular flexibility index (Phi) is 4.50. The molecule has 2 aliphatic carbocycles. The van der Waals surface area contributed by atoms with E-state index in [1.165, 1.54) is 38.3 Å². The minimum Gasteiger partial charge on any atom is -0.459 e. The quantitative estimate of drug-likeness (QED) is 0.279. The highest BCUT2D eigenvalue weighted by Gasteiger charge is 2.21. The van der Waals surface area contributed by atoms with Gasteiger partial charge in [-0.2, -0.15) is 0 Å². The van der Waals surface area contributed by atoms with Gasteiger partial charge in [-0.05, 0) is 63.6 Å². The molecule has 2 aliphatic rings. The van der Waals surface area contributed by atoms with Gasteiger partial charge in [0.2, 0.25) is 0 Å². The van der Waals surface area contributed by atoms with Gasteiger partial charge >= 0.3 is 0 Å². The topological polar surface area (TPSA) is 13.1 Å². The maximum Gasteiger partial charge on any atom is 0.144 e. The average molecular weight is 401 g/mol. The molecule has 0 N–H and O–H groups in total. The van der Waals surface area contributed by atoms with E-state index < -0.39 is 0 Å². The van der Waals surface area contributed by atoms with Crippen molar-refractivity contribution in [2.45, 2.75) is 19.8 Å². The number of hydrogen-bond acceptors (Lipinski definition) is 3. The van der Waals surface area contributed by atoms with E-state index in [2.05, 4.69) is 78.7 Å². The third-order valence-corrected chi connectivity index (χ3v) is 6.27. The van der Waals surface area contributed by atoms with Crippen LogP contribution in [0.5, 0.6) is 0 Å². The molecule has 2 aromatic heterocycles. The molecule has 1 aromatic carbocycles. The first kappa shape index (κ1) is 17.6. The number of rotatable bonds is 3. The number of hydrogen-bond donors (Lipinski definition) is 1. The third-order valence-electron chi connectivity index (χ3n) is 5.24. The molecular weight excluding hydrogens is 380 g/mol. The summed E-state index contributed by atoms with van der Waals surface area (Å²) in [5.74, 6) is 2.02. The molecule has 0 aliphatic heterocycles. The summed E-state index contributed by atoms with van der Waals surface area (Å²) in [6, 6.07) is 10.8. The fourth-order valence-electron chi connectivity index (χ4n) is 3.91. The maximum absolute atomic E-state index is 6.22. The van der Waals surface area contributed by atoms with E-state index in [9.17, 15) is 0 Å². The fraction of sp³-hybridized carbons (Fsp3) is 0.120. The second kappa shape index (κ2) is 7.16. The highest BCUT2D eigenvalue weighted by atomic mass is 32.1. The average Bonchev–Trinajstić information content (AvgIpc) is 3.38. The van der Waals surface area contributed by atoms with Crippen LogP contribution in [0, 0.1) is 0 Å². The van der Waals surface area contributed by atoms with Gasteiger partial charge in [0.05, 0.1) is 4.88 Å². The number of thiol groups is 1. The van der Waals surface area contributed by atoms with Crippen molar-refractivity contribution in [3.8, 4) is 10.6 Å². The molecule has 3 aromatic rings. The minimum atomic E-state index is 0.836. The molecule has 0 radical (unpaired) electrons. The number of thiophene rings is 1. The van der Waals surface area contributed by atoms with E-state index >= 15 is 0 Å². The van der Waals surface area contributed by atoms with Crippen molar-refractivity contribution in [2.75, 3.05) is 0 Å². The summed E-state index contributed by atoms with van der Waals surface area (Å²) < 4.78 is 6.22. The number of fused-ring (bicyclic) bond motifs is 4. The van der Waals surface area contributed by atoms with Gasteiger partial charge in [0.1, 0.15) is 11.5 Å². The molecule has 3 heteroatoms. The fourth-order valence-corrected chi connectivity index (χ4v) is 4.67. The predicted molar refractivity (Wildman–Crippen MR) is 124 cm³/mol. The van der Waals surface area contributed by atoms with Crippen LogP contribution in [-0.2, 0) is 12.8 Å². The summed E-state index contributed by atoms with van der Waals surface area (Å²) in [5.41, 5.74) is 7.96. The van der Waals surface area contributed by atoms with Gasteiger partial charge < -0.3 is 4.42 Å². The molecule has 5 rings (SSSR count). The Hall–Kier alpha value is -2.49. The summed E-state index contributed by atoms with van der Waals surface area (Å²) >= 11 is 6.03. The molecule has 0 unspecified atom stereocenters. The molecule has 0 bridgehead atoms. The Morgan fingerprint density at radius 2 is 2.07 bits per heavy atom. The van der Waals surface area contributed by atoms with Crippen LogP contribution in [0.3, 0.4) is 0 Å². The van der Waals surface area contributed by atoms with Crippen LogP contribution < -0.4 is 0 Å². The zero-order valence-corrected chi connectivity index (χ0v) is 17.3. The molecule has 1 nitrogen and oxygen atoms in total. The van der Waals surface area contributed by atoms with Crippen molar-refractivity contribution in [3.05, 3.63) is 98.0 Å². The van der Waals surface area contributed by atoms with E-state index in [-0.39, 0.29) is 0 Å². The minimum absolute atomic E-state index is 0.836. The summed E-state index contributed by atoms with van der Waals surface area (Å²) in [6.07, 6.45) is 14.9. The number of allylic oxidation sites excluding steroid dienone is 5. The van der Waals surface area contributed by atoms with Crippen LogP contribution in [0.1, 0.15) is 40.5 Å². The van der Waals surface area contributed by atoms with E-state index in [0.717, 1.165) is 29.3 Å². The second-order valence-electron chi connectivity index (χ2n) is 7.25. The first-order valence-electron chi connectivity index (χ1n) is 9.41. The first-order chi connectivity index (χ1) is 13.7. The van der Waals surface area contributed by atoms with Crippen molar-refractivity contribution in [3.63, 3.8) is 0 Å². The van der Waals surface area contributed by atoms with Crippen LogP contribution >= 0.6 is 24.0 Å². The summed E-state index contributed by atoms with van der Waals surface area (Å²) in [7, 11) is 0. The molecule has 0 amide bonds. The Morgan fingerprint density at radius 3 is 2.89 bits per heavy atom. The number of benzene rings is 1. The first-order valence-corrected chi connectivity index (χ1v) is 10.7. The van der Waals surface area contributed by atoms with Crippen LogP contribution in [0.15, 0.2) is 68.8 Å². The maximum atomic E-state index is 6.22. The van der Waals surface area contributed by atoms with Crippen molar-refractivity contribution < 1.29 is 4.42 Å². The summed E-state index contributed by atoms with van der Waals surface area (Å²) in [6.45, 7) is 1.99. The van der Waals surface area contributed by atoms with E-state index in [1.807, 2.05) is 13.0 Å². The lowest BCUT2D eigenvalue weighted by atomic mass is 9.95. The Balaban J connectivity index is 1.46.